The molecule has 1 unspecified atom stereocenters. The SMILES string of the molecule is Cc1c(C)c(C)c2sc(C(CC(=O)S)C(=O)O)nc2c1C. The third kappa shape index (κ3) is 2.82. The predicted octanol–water partition coefficient (Wildman–Crippen LogP) is 3.54. The molecule has 6 heteroatoms. The number of fused-ring (bicyclic) bond motifs is 1. The Hall–Kier alpha value is -1.40. The van der Waals surface area contributed by atoms with Gasteiger partial charge in [-0.1, -0.05) is 0 Å². The molecule has 0 aliphatic rings. The molecular weight excluding hydrogens is 306 g/mol. The highest BCUT2D eigenvalue weighted by atomic mass is 32.1. The Morgan fingerprint density at radius 1 is 1.14 bits per heavy atom. The summed E-state index contributed by atoms with van der Waals surface area (Å²) in [4.78, 5) is 27.1. The van der Waals surface area contributed by atoms with Crippen LogP contribution in [0.25, 0.3) is 10.2 Å². The van der Waals surface area contributed by atoms with Gasteiger partial charge in [-0.15, -0.1) is 24.0 Å². The molecule has 0 fully saturated rings. The number of aromatic nitrogens is 1. The van der Waals surface area contributed by atoms with E-state index in [1.165, 1.54) is 22.5 Å². The average molecular weight is 323 g/mol. The maximum absolute atomic E-state index is 11.4. The highest BCUT2D eigenvalue weighted by molar-refractivity contribution is 7.96. The second kappa shape index (κ2) is 5.77. The highest BCUT2D eigenvalue weighted by Crippen LogP contribution is 2.36. The van der Waals surface area contributed by atoms with E-state index in [0.717, 1.165) is 21.3 Å². The zero-order chi connectivity index (χ0) is 15.9. The second-order valence-electron chi connectivity index (χ2n) is 5.22. The third-order valence-electron chi connectivity index (χ3n) is 4.00. The van der Waals surface area contributed by atoms with Gasteiger partial charge in [0, 0.05) is 6.42 Å². The molecule has 112 valence electrons. The first-order chi connectivity index (χ1) is 9.73. The van der Waals surface area contributed by atoms with Crippen molar-refractivity contribution in [2.45, 2.75) is 40.0 Å². The van der Waals surface area contributed by atoms with E-state index >= 15 is 0 Å². The molecule has 0 aliphatic carbocycles. The molecular formula is C15H17NO3S2. The second-order valence-corrected chi connectivity index (χ2v) is 6.75. The summed E-state index contributed by atoms with van der Waals surface area (Å²) in [5.41, 5.74) is 5.41. The lowest BCUT2D eigenvalue weighted by atomic mass is 9.98. The van der Waals surface area contributed by atoms with Crippen molar-refractivity contribution in [3.63, 3.8) is 0 Å². The first-order valence-electron chi connectivity index (χ1n) is 6.55. The Morgan fingerprint density at radius 3 is 2.24 bits per heavy atom. The van der Waals surface area contributed by atoms with Gasteiger partial charge in [-0.3, -0.25) is 9.59 Å². The third-order valence-corrected chi connectivity index (χ3v) is 5.47. The first kappa shape index (κ1) is 16.0. The van der Waals surface area contributed by atoms with Crippen LogP contribution >= 0.6 is 24.0 Å². The van der Waals surface area contributed by atoms with Crippen molar-refractivity contribution < 1.29 is 14.7 Å². The number of aryl methyl sites for hydroxylation is 2. The van der Waals surface area contributed by atoms with Crippen LogP contribution < -0.4 is 0 Å². The number of thiazole rings is 1. The number of carbonyl (C=O) groups excluding carboxylic acids is 1. The van der Waals surface area contributed by atoms with Crippen LogP contribution in [0.4, 0.5) is 0 Å². The van der Waals surface area contributed by atoms with Gasteiger partial charge in [-0.25, -0.2) is 4.98 Å². The van der Waals surface area contributed by atoms with E-state index in [1.54, 1.807) is 0 Å². The smallest absolute Gasteiger partial charge is 0.313 e. The number of carbonyl (C=O) groups is 2. The molecule has 0 saturated heterocycles. The van der Waals surface area contributed by atoms with Crippen LogP contribution in [-0.4, -0.2) is 21.2 Å². The fourth-order valence-corrected chi connectivity index (χ4v) is 3.82. The lowest BCUT2D eigenvalue weighted by Gasteiger charge is -2.09. The fraction of sp³-hybridized carbons (Fsp3) is 0.400. The molecule has 0 radical (unpaired) electrons. The van der Waals surface area contributed by atoms with Gasteiger partial charge >= 0.3 is 5.97 Å². The van der Waals surface area contributed by atoms with Crippen LogP contribution in [0, 0.1) is 27.7 Å². The van der Waals surface area contributed by atoms with Gasteiger partial charge in [0.25, 0.3) is 0 Å². The number of thiol groups is 1. The largest absolute Gasteiger partial charge is 0.481 e. The zero-order valence-electron chi connectivity index (χ0n) is 12.4. The highest BCUT2D eigenvalue weighted by Gasteiger charge is 2.27. The molecule has 1 aromatic carbocycles. The number of carboxylic acid groups (broad SMARTS) is 1. The van der Waals surface area contributed by atoms with Crippen molar-refractivity contribution in [2.75, 3.05) is 0 Å². The van der Waals surface area contributed by atoms with E-state index in [0.29, 0.717) is 5.01 Å². The van der Waals surface area contributed by atoms with E-state index in [-0.39, 0.29) is 6.42 Å². The van der Waals surface area contributed by atoms with E-state index < -0.39 is 17.0 Å². The number of hydrogen-bond acceptors (Lipinski definition) is 4. The van der Waals surface area contributed by atoms with Crippen LogP contribution in [-0.2, 0) is 9.59 Å². The molecule has 0 amide bonds. The molecule has 4 nitrogen and oxygen atoms in total. The molecule has 1 atom stereocenters. The summed E-state index contributed by atoms with van der Waals surface area (Å²) in [7, 11) is 0. The average Bonchev–Trinajstić information content (AvgIpc) is 2.84. The van der Waals surface area contributed by atoms with Gasteiger partial charge in [-0.2, -0.15) is 0 Å². The van der Waals surface area contributed by atoms with Gasteiger partial charge in [0.1, 0.15) is 10.9 Å². The molecule has 1 N–H and O–H groups in total. The van der Waals surface area contributed by atoms with Crippen molar-refractivity contribution in [3.8, 4) is 0 Å². The number of aliphatic carboxylic acids is 1. The van der Waals surface area contributed by atoms with Gasteiger partial charge in [0.15, 0.2) is 5.12 Å². The Labute approximate surface area is 132 Å². The van der Waals surface area contributed by atoms with Crippen LogP contribution in [0.2, 0.25) is 0 Å². The molecule has 1 heterocycles. The van der Waals surface area contributed by atoms with Crippen LogP contribution in [0.1, 0.15) is 39.6 Å². The Morgan fingerprint density at radius 2 is 1.71 bits per heavy atom. The maximum Gasteiger partial charge on any atom is 0.313 e. The normalized spacial score (nSPS) is 12.6. The number of hydrogen-bond donors (Lipinski definition) is 2. The van der Waals surface area contributed by atoms with Gasteiger partial charge in [0.2, 0.25) is 0 Å². The summed E-state index contributed by atoms with van der Waals surface area (Å²) in [6.07, 6.45) is -0.145. The summed E-state index contributed by atoms with van der Waals surface area (Å²) in [6.45, 7) is 8.11. The zero-order valence-corrected chi connectivity index (χ0v) is 14.1. The summed E-state index contributed by atoms with van der Waals surface area (Å²) < 4.78 is 1.00. The number of rotatable bonds is 4. The topological polar surface area (TPSA) is 67.3 Å². The molecule has 0 bridgehead atoms. The quantitative estimate of drug-likeness (QED) is 0.845. The minimum absolute atomic E-state index is 0.145. The van der Waals surface area contributed by atoms with Gasteiger partial charge in [0.05, 0.1) is 10.2 Å². The summed E-state index contributed by atoms with van der Waals surface area (Å²) >= 11 is 5.05. The Bertz CT molecular complexity index is 704. The lowest BCUT2D eigenvalue weighted by Crippen LogP contribution is -2.13. The minimum Gasteiger partial charge on any atom is -0.481 e. The van der Waals surface area contributed by atoms with Crippen LogP contribution in [0.15, 0.2) is 0 Å². The van der Waals surface area contributed by atoms with E-state index in [9.17, 15) is 14.7 Å². The molecule has 1 aromatic heterocycles. The number of carboxylic acids is 1. The van der Waals surface area contributed by atoms with Crippen molar-refractivity contribution in [3.05, 3.63) is 27.3 Å². The van der Waals surface area contributed by atoms with Crippen molar-refractivity contribution in [2.24, 2.45) is 0 Å². The fourth-order valence-electron chi connectivity index (χ4n) is 2.36. The number of benzene rings is 1. The van der Waals surface area contributed by atoms with Gasteiger partial charge < -0.3 is 5.11 Å². The summed E-state index contributed by atoms with van der Waals surface area (Å²) in [5.74, 6) is -1.97. The predicted molar refractivity (Wildman–Crippen MR) is 87.6 cm³/mol. The molecule has 0 saturated carbocycles. The molecule has 0 spiro atoms. The van der Waals surface area contributed by atoms with Crippen LogP contribution in [0.3, 0.4) is 0 Å². The Kier molecular flexibility index (Phi) is 4.39. The first-order valence-corrected chi connectivity index (χ1v) is 7.81. The molecule has 2 rings (SSSR count). The standard InChI is InChI=1S/C15H17NO3S2/c1-6-7(2)9(4)13-12(8(6)3)16-14(21-13)10(15(18)19)5-11(17)20/h10H,5H2,1-4H3,(H,17,20)(H,18,19). The molecule has 0 aliphatic heterocycles. The lowest BCUT2D eigenvalue weighted by molar-refractivity contribution is -0.139. The van der Waals surface area contributed by atoms with Crippen molar-refractivity contribution in [1.82, 2.24) is 4.98 Å². The van der Waals surface area contributed by atoms with E-state index in [4.69, 9.17) is 0 Å². The summed E-state index contributed by atoms with van der Waals surface area (Å²) in [5, 5.41) is 9.36. The maximum atomic E-state index is 11.4. The summed E-state index contributed by atoms with van der Waals surface area (Å²) in [6, 6.07) is 0. The Balaban J connectivity index is 2.67. The van der Waals surface area contributed by atoms with Crippen LogP contribution in [0.5, 0.6) is 0 Å². The number of nitrogens with zero attached hydrogens (tertiary/aromatic N) is 1. The molecule has 21 heavy (non-hydrogen) atoms. The minimum atomic E-state index is -1.04. The van der Waals surface area contributed by atoms with Crippen molar-refractivity contribution in [1.29, 1.82) is 0 Å². The van der Waals surface area contributed by atoms with E-state index in [2.05, 4.69) is 24.5 Å². The van der Waals surface area contributed by atoms with Gasteiger partial charge in [-0.05, 0) is 49.9 Å². The van der Waals surface area contributed by atoms with Crippen molar-refractivity contribution >= 4 is 45.3 Å². The molecule has 2 aromatic rings. The monoisotopic (exact) mass is 323 g/mol. The van der Waals surface area contributed by atoms with E-state index in [1.807, 2.05) is 20.8 Å².